The molecular weight excluding hydrogens is 329 g/mol. The quantitative estimate of drug-likeness (QED) is 0.729. The van der Waals surface area contributed by atoms with Gasteiger partial charge in [-0.1, -0.05) is 35.9 Å². The maximum absolute atomic E-state index is 13.7. The second-order valence-electron chi connectivity index (χ2n) is 6.22. The molecule has 0 radical (unpaired) electrons. The summed E-state index contributed by atoms with van der Waals surface area (Å²) < 4.78 is 41.1. The molecule has 5 heteroatoms. The number of hydrogen-bond donors (Lipinski definition) is 0. The van der Waals surface area contributed by atoms with E-state index in [1.54, 1.807) is 39.0 Å². The third-order valence-corrected chi connectivity index (χ3v) is 4.38. The molecule has 0 heterocycles. The largest absolute Gasteiger partial charge is 0.420 e. The van der Waals surface area contributed by atoms with Gasteiger partial charge in [-0.3, -0.25) is 9.59 Å². The van der Waals surface area contributed by atoms with Gasteiger partial charge in [0.25, 0.3) is 0 Å². The number of Topliss-reactive ketones (excluding diaryl/α,β-unsaturated/α-hetero) is 2. The van der Waals surface area contributed by atoms with Crippen LogP contribution >= 0.6 is 0 Å². The number of fused-ring (bicyclic) bond motifs is 1. The van der Waals surface area contributed by atoms with E-state index in [0.717, 1.165) is 0 Å². The van der Waals surface area contributed by atoms with Gasteiger partial charge in [0.05, 0.1) is 0 Å². The third-order valence-electron chi connectivity index (χ3n) is 4.38. The van der Waals surface area contributed by atoms with Crippen molar-refractivity contribution in [2.45, 2.75) is 26.9 Å². The highest BCUT2D eigenvalue weighted by atomic mass is 19.4. The molecule has 0 aromatic heterocycles. The van der Waals surface area contributed by atoms with Crippen molar-refractivity contribution in [2.75, 3.05) is 0 Å². The molecule has 0 spiro atoms. The fraction of sp³-hybridized carbons (Fsp3) is 0.200. The second kappa shape index (κ2) is 5.69. The number of halogens is 3. The lowest BCUT2D eigenvalue weighted by Gasteiger charge is -2.25. The first kappa shape index (κ1) is 17.1. The van der Waals surface area contributed by atoms with E-state index in [0.29, 0.717) is 16.7 Å². The molecule has 25 heavy (non-hydrogen) atoms. The molecule has 2 nitrogen and oxygen atoms in total. The molecule has 128 valence electrons. The van der Waals surface area contributed by atoms with Crippen LogP contribution in [-0.2, 0) is 0 Å². The van der Waals surface area contributed by atoms with Crippen molar-refractivity contribution in [2.24, 2.45) is 0 Å². The highest BCUT2D eigenvalue weighted by Gasteiger charge is 2.47. The molecule has 0 aliphatic heterocycles. The number of allylic oxidation sites excluding steroid dienone is 2. The molecule has 0 atom stereocenters. The van der Waals surface area contributed by atoms with Crippen LogP contribution in [0, 0.1) is 20.8 Å². The lowest BCUT2D eigenvalue weighted by atomic mass is 9.78. The molecule has 0 N–H and O–H groups in total. The summed E-state index contributed by atoms with van der Waals surface area (Å²) in [5.41, 5.74) is -0.175. The van der Waals surface area contributed by atoms with Gasteiger partial charge in [-0.05, 0) is 43.5 Å². The SMILES string of the molecule is Cc1ccc2c(c1)C(=O)C(c1c(C)cccc1C)=C(C(F)(F)F)C2=O. The van der Waals surface area contributed by atoms with E-state index in [9.17, 15) is 22.8 Å². The standard InChI is InChI=1S/C20H15F3O2/c1-10-7-8-13-14(9-10)18(24)16(17(19(13)25)20(21,22)23)15-11(2)5-4-6-12(15)3/h4-9H,1-3H3. The van der Waals surface area contributed by atoms with Crippen LogP contribution in [0.4, 0.5) is 13.2 Å². The first-order chi connectivity index (χ1) is 11.6. The van der Waals surface area contributed by atoms with Gasteiger partial charge >= 0.3 is 6.18 Å². The van der Waals surface area contributed by atoms with Gasteiger partial charge in [0.1, 0.15) is 5.57 Å². The van der Waals surface area contributed by atoms with Gasteiger partial charge in [-0.2, -0.15) is 13.2 Å². The molecule has 0 saturated heterocycles. The summed E-state index contributed by atoms with van der Waals surface area (Å²) in [5, 5.41) is 0. The highest BCUT2D eigenvalue weighted by Crippen LogP contribution is 2.42. The van der Waals surface area contributed by atoms with Gasteiger partial charge in [-0.15, -0.1) is 0 Å². The first-order valence-electron chi connectivity index (χ1n) is 7.71. The van der Waals surface area contributed by atoms with Crippen LogP contribution in [0.15, 0.2) is 42.0 Å². The number of alkyl halides is 3. The third kappa shape index (κ3) is 2.69. The minimum absolute atomic E-state index is 0.0238. The summed E-state index contributed by atoms with van der Waals surface area (Å²) in [7, 11) is 0. The van der Waals surface area contributed by atoms with Crippen LogP contribution < -0.4 is 0 Å². The Morgan fingerprint density at radius 3 is 1.96 bits per heavy atom. The van der Waals surface area contributed by atoms with Gasteiger partial charge in [0.2, 0.25) is 0 Å². The lowest BCUT2D eigenvalue weighted by molar-refractivity contribution is -0.0882. The van der Waals surface area contributed by atoms with E-state index in [1.807, 2.05) is 0 Å². The summed E-state index contributed by atoms with van der Waals surface area (Å²) in [4.78, 5) is 25.6. The van der Waals surface area contributed by atoms with Crippen molar-refractivity contribution in [1.82, 2.24) is 0 Å². The predicted octanol–water partition coefficient (Wildman–Crippen LogP) is 5.01. The van der Waals surface area contributed by atoms with Crippen LogP contribution in [0.3, 0.4) is 0 Å². The Bertz CT molecular complexity index is 930. The Hall–Kier alpha value is -2.69. The molecule has 2 aromatic rings. The molecule has 1 aliphatic carbocycles. The molecule has 3 rings (SSSR count). The van der Waals surface area contributed by atoms with Crippen molar-refractivity contribution in [3.8, 4) is 0 Å². The maximum Gasteiger partial charge on any atom is 0.420 e. The highest BCUT2D eigenvalue weighted by molar-refractivity contribution is 6.41. The van der Waals surface area contributed by atoms with Crippen molar-refractivity contribution in [1.29, 1.82) is 0 Å². The molecule has 1 aliphatic rings. The summed E-state index contributed by atoms with van der Waals surface area (Å²) in [6.07, 6.45) is -4.92. The van der Waals surface area contributed by atoms with Crippen molar-refractivity contribution >= 4 is 17.1 Å². The number of benzene rings is 2. The number of rotatable bonds is 1. The molecule has 0 unspecified atom stereocenters. The number of aryl methyl sites for hydroxylation is 3. The normalized spacial score (nSPS) is 14.8. The minimum Gasteiger partial charge on any atom is -0.289 e. The van der Waals surface area contributed by atoms with Crippen molar-refractivity contribution in [3.63, 3.8) is 0 Å². The molecule has 0 saturated carbocycles. The van der Waals surface area contributed by atoms with Gasteiger partial charge in [0.15, 0.2) is 11.6 Å². The Kier molecular flexibility index (Phi) is 3.90. The number of ketones is 2. The van der Waals surface area contributed by atoms with Crippen LogP contribution in [0.25, 0.3) is 5.57 Å². The summed E-state index contributed by atoms with van der Waals surface area (Å²) >= 11 is 0. The molecular formula is C20H15F3O2. The molecule has 0 bridgehead atoms. The van der Waals surface area contributed by atoms with Crippen LogP contribution in [-0.4, -0.2) is 17.7 Å². The van der Waals surface area contributed by atoms with Crippen molar-refractivity contribution in [3.05, 3.63) is 75.4 Å². The average Bonchev–Trinajstić information content (AvgIpc) is 2.50. The maximum atomic E-state index is 13.7. The zero-order valence-electron chi connectivity index (χ0n) is 13.9. The molecule has 2 aromatic carbocycles. The van der Waals surface area contributed by atoms with Crippen molar-refractivity contribution < 1.29 is 22.8 Å². The average molecular weight is 344 g/mol. The number of carbonyl (C=O) groups is 2. The zero-order chi connectivity index (χ0) is 18.5. The summed E-state index contributed by atoms with van der Waals surface area (Å²) in [5.74, 6) is -1.91. The Morgan fingerprint density at radius 1 is 0.800 bits per heavy atom. The van der Waals surface area contributed by atoms with Gasteiger partial charge in [0, 0.05) is 16.7 Å². The molecule has 0 fully saturated rings. The van der Waals surface area contributed by atoms with Crippen LogP contribution in [0.5, 0.6) is 0 Å². The van der Waals surface area contributed by atoms with E-state index in [2.05, 4.69) is 0 Å². The Labute approximate surface area is 143 Å². The van der Waals surface area contributed by atoms with E-state index >= 15 is 0 Å². The van der Waals surface area contributed by atoms with Gasteiger partial charge < -0.3 is 0 Å². The molecule has 0 amide bonds. The summed E-state index contributed by atoms with van der Waals surface area (Å²) in [6, 6.07) is 9.26. The Balaban J connectivity index is 2.43. The number of carbonyl (C=O) groups excluding carboxylic acids is 2. The second-order valence-corrected chi connectivity index (χ2v) is 6.22. The van der Waals surface area contributed by atoms with E-state index < -0.39 is 28.9 Å². The fourth-order valence-corrected chi connectivity index (χ4v) is 3.26. The van der Waals surface area contributed by atoms with Crippen LogP contribution in [0.1, 0.15) is 43.0 Å². The van der Waals surface area contributed by atoms with Gasteiger partial charge in [-0.25, -0.2) is 0 Å². The zero-order valence-corrected chi connectivity index (χ0v) is 13.9. The van der Waals surface area contributed by atoms with E-state index in [1.165, 1.54) is 18.2 Å². The van der Waals surface area contributed by atoms with E-state index in [-0.39, 0.29) is 16.7 Å². The smallest absolute Gasteiger partial charge is 0.289 e. The Morgan fingerprint density at radius 2 is 1.40 bits per heavy atom. The fourth-order valence-electron chi connectivity index (χ4n) is 3.26. The van der Waals surface area contributed by atoms with E-state index in [4.69, 9.17) is 0 Å². The first-order valence-corrected chi connectivity index (χ1v) is 7.71. The predicted molar refractivity (Wildman–Crippen MR) is 88.7 cm³/mol. The minimum atomic E-state index is -4.92. The number of hydrogen-bond acceptors (Lipinski definition) is 2. The lowest BCUT2D eigenvalue weighted by Crippen LogP contribution is -2.30. The monoisotopic (exact) mass is 344 g/mol. The topological polar surface area (TPSA) is 34.1 Å². The summed E-state index contributed by atoms with van der Waals surface area (Å²) in [6.45, 7) is 4.99. The van der Waals surface area contributed by atoms with Crippen LogP contribution in [0.2, 0.25) is 0 Å².